The largest absolute Gasteiger partial charge is 0.497 e. The van der Waals surface area contributed by atoms with Gasteiger partial charge in [-0.2, -0.15) is 4.98 Å². The van der Waals surface area contributed by atoms with E-state index < -0.39 is 5.69 Å². The second-order valence-corrected chi connectivity index (χ2v) is 7.57. The van der Waals surface area contributed by atoms with Gasteiger partial charge in [0.15, 0.2) is 11.2 Å². The smallest absolute Gasteiger partial charge is 0.332 e. The maximum atomic E-state index is 13.0. The van der Waals surface area contributed by atoms with E-state index >= 15 is 0 Å². The summed E-state index contributed by atoms with van der Waals surface area (Å²) < 4.78 is 11.5. The minimum absolute atomic E-state index is 0.352. The van der Waals surface area contributed by atoms with Gasteiger partial charge in [-0.3, -0.25) is 22.9 Å². The third-order valence-electron chi connectivity index (χ3n) is 5.64. The normalized spacial score (nSPS) is 11.5. The van der Waals surface area contributed by atoms with E-state index in [0.717, 1.165) is 32.8 Å². The zero-order valence-electron chi connectivity index (χ0n) is 17.7. The molecule has 0 N–H and O–H groups in total. The van der Waals surface area contributed by atoms with Gasteiger partial charge in [-0.15, -0.1) is 0 Å². The molecule has 5 aromatic rings. The first-order chi connectivity index (χ1) is 14.9. The number of fused-ring (bicyclic) bond motifs is 3. The summed E-state index contributed by atoms with van der Waals surface area (Å²) in [7, 11) is 4.73. The molecule has 0 spiro atoms. The number of rotatable bonds is 3. The molecule has 8 heteroatoms. The quantitative estimate of drug-likeness (QED) is 0.454. The highest BCUT2D eigenvalue weighted by Gasteiger charge is 2.21. The highest BCUT2D eigenvalue weighted by molar-refractivity contribution is 5.79. The molecule has 0 saturated heterocycles. The first kappa shape index (κ1) is 18.9. The van der Waals surface area contributed by atoms with E-state index in [9.17, 15) is 9.59 Å². The zero-order chi connectivity index (χ0) is 21.9. The summed E-state index contributed by atoms with van der Waals surface area (Å²) >= 11 is 0. The monoisotopic (exact) mass is 415 g/mol. The van der Waals surface area contributed by atoms with Crippen LogP contribution in [0.4, 0.5) is 0 Å². The van der Waals surface area contributed by atoms with Crippen LogP contribution in [0.1, 0.15) is 5.56 Å². The molecule has 0 aliphatic rings. The van der Waals surface area contributed by atoms with Crippen LogP contribution in [0.3, 0.4) is 0 Å². The predicted octanol–water partition coefficient (Wildman–Crippen LogP) is 2.66. The third kappa shape index (κ3) is 2.72. The van der Waals surface area contributed by atoms with Crippen molar-refractivity contribution in [1.82, 2.24) is 23.1 Å². The van der Waals surface area contributed by atoms with Crippen LogP contribution >= 0.6 is 0 Å². The van der Waals surface area contributed by atoms with Gasteiger partial charge >= 0.3 is 5.69 Å². The minimum atomic E-state index is -0.407. The van der Waals surface area contributed by atoms with Crippen LogP contribution in [0.15, 0.2) is 64.3 Å². The van der Waals surface area contributed by atoms with Gasteiger partial charge in [0.25, 0.3) is 5.56 Å². The SMILES string of the molecule is COc1ccc(-c2cn3c4c(=O)n(C)c(=O)n(C)c4nc3n2-c2ccc(C)cc2)cc1. The Kier molecular flexibility index (Phi) is 4.11. The topological polar surface area (TPSA) is 75.5 Å². The maximum absolute atomic E-state index is 13.0. The predicted molar refractivity (Wildman–Crippen MR) is 119 cm³/mol. The van der Waals surface area contributed by atoms with Crippen LogP contribution in [0.2, 0.25) is 0 Å². The number of imidazole rings is 2. The lowest BCUT2D eigenvalue weighted by Crippen LogP contribution is -2.37. The Bertz CT molecular complexity index is 1570. The second-order valence-electron chi connectivity index (χ2n) is 7.57. The summed E-state index contributed by atoms with van der Waals surface area (Å²) in [5, 5.41) is 0. The Morgan fingerprint density at radius 3 is 2.23 bits per heavy atom. The Morgan fingerprint density at radius 2 is 1.58 bits per heavy atom. The Labute approximate surface area is 177 Å². The minimum Gasteiger partial charge on any atom is -0.497 e. The number of ether oxygens (including phenoxy) is 1. The van der Waals surface area contributed by atoms with Gasteiger partial charge in [0.05, 0.1) is 12.8 Å². The molecule has 0 bridgehead atoms. The van der Waals surface area contributed by atoms with E-state index in [-0.39, 0.29) is 5.56 Å². The van der Waals surface area contributed by atoms with Gasteiger partial charge in [0, 0.05) is 31.5 Å². The molecule has 0 aliphatic heterocycles. The van der Waals surface area contributed by atoms with Crippen molar-refractivity contribution in [2.45, 2.75) is 6.92 Å². The number of hydrogen-bond acceptors (Lipinski definition) is 4. The Balaban J connectivity index is 1.92. The van der Waals surface area contributed by atoms with E-state index in [0.29, 0.717) is 16.9 Å². The van der Waals surface area contributed by atoms with Gasteiger partial charge in [0.1, 0.15) is 5.75 Å². The van der Waals surface area contributed by atoms with Crippen LogP contribution < -0.4 is 16.0 Å². The van der Waals surface area contributed by atoms with E-state index in [1.54, 1.807) is 18.6 Å². The fourth-order valence-electron chi connectivity index (χ4n) is 3.88. The average molecular weight is 415 g/mol. The summed E-state index contributed by atoms with van der Waals surface area (Å²) in [5.41, 5.74) is 3.79. The second kappa shape index (κ2) is 6.73. The van der Waals surface area contributed by atoms with Gasteiger partial charge < -0.3 is 4.74 Å². The molecule has 156 valence electrons. The van der Waals surface area contributed by atoms with Crippen molar-refractivity contribution in [3.05, 3.63) is 81.1 Å². The van der Waals surface area contributed by atoms with E-state index in [2.05, 4.69) is 0 Å². The molecule has 0 amide bonds. The Morgan fingerprint density at radius 1 is 0.903 bits per heavy atom. The van der Waals surface area contributed by atoms with Crippen LogP contribution in [-0.2, 0) is 14.1 Å². The first-order valence-corrected chi connectivity index (χ1v) is 9.81. The van der Waals surface area contributed by atoms with Crippen molar-refractivity contribution >= 4 is 16.9 Å². The van der Waals surface area contributed by atoms with Crippen molar-refractivity contribution in [3.63, 3.8) is 0 Å². The van der Waals surface area contributed by atoms with Crippen molar-refractivity contribution in [1.29, 1.82) is 0 Å². The molecule has 31 heavy (non-hydrogen) atoms. The van der Waals surface area contributed by atoms with Gasteiger partial charge in [-0.25, -0.2) is 4.79 Å². The first-order valence-electron chi connectivity index (χ1n) is 9.81. The summed E-state index contributed by atoms with van der Waals surface area (Å²) in [6, 6.07) is 15.8. The molecular weight excluding hydrogens is 394 g/mol. The number of hydrogen-bond donors (Lipinski definition) is 0. The van der Waals surface area contributed by atoms with Crippen molar-refractivity contribution in [2.75, 3.05) is 7.11 Å². The summed E-state index contributed by atoms with van der Waals surface area (Å²) in [6.45, 7) is 2.03. The van der Waals surface area contributed by atoms with Crippen LogP contribution in [-0.4, -0.2) is 30.2 Å². The molecule has 3 aromatic heterocycles. The van der Waals surface area contributed by atoms with Crippen molar-refractivity contribution in [2.24, 2.45) is 14.1 Å². The zero-order valence-corrected chi connectivity index (χ0v) is 17.7. The summed E-state index contributed by atoms with van der Waals surface area (Å²) in [4.78, 5) is 30.1. The molecule has 0 saturated carbocycles. The number of aryl methyl sites for hydroxylation is 2. The lowest BCUT2D eigenvalue weighted by atomic mass is 10.1. The maximum Gasteiger partial charge on any atom is 0.332 e. The molecule has 0 atom stereocenters. The number of methoxy groups -OCH3 is 1. The molecular formula is C23H21N5O3. The van der Waals surface area contributed by atoms with Crippen LogP contribution in [0.5, 0.6) is 5.75 Å². The van der Waals surface area contributed by atoms with Gasteiger partial charge in [-0.1, -0.05) is 17.7 Å². The fourth-order valence-corrected chi connectivity index (χ4v) is 3.88. The molecule has 0 aliphatic carbocycles. The molecule has 0 radical (unpaired) electrons. The molecule has 8 nitrogen and oxygen atoms in total. The number of nitrogens with zero attached hydrogens (tertiary/aromatic N) is 5. The summed E-state index contributed by atoms with van der Waals surface area (Å²) in [6.07, 6.45) is 1.89. The Hall–Kier alpha value is -4.07. The molecule has 5 rings (SSSR count). The fraction of sp³-hybridized carbons (Fsp3) is 0.174. The molecule has 2 aromatic carbocycles. The highest BCUT2D eigenvalue weighted by atomic mass is 16.5. The van der Waals surface area contributed by atoms with E-state index in [1.807, 2.05) is 66.2 Å². The summed E-state index contributed by atoms with van der Waals surface area (Å²) in [5.74, 6) is 1.32. The number of benzene rings is 2. The highest BCUT2D eigenvalue weighted by Crippen LogP contribution is 2.30. The van der Waals surface area contributed by atoms with Crippen LogP contribution in [0, 0.1) is 6.92 Å². The standard InChI is InChI=1S/C23H21N5O3/c1-14-5-9-16(10-6-14)28-18(15-7-11-17(31-4)12-8-15)13-27-19-20(24-22(27)28)25(2)23(30)26(3)21(19)29/h5-13H,1-4H3. The van der Waals surface area contributed by atoms with Crippen LogP contribution in [0.25, 0.3) is 33.9 Å². The number of aromatic nitrogens is 5. The third-order valence-corrected chi connectivity index (χ3v) is 5.64. The van der Waals surface area contributed by atoms with E-state index in [4.69, 9.17) is 9.72 Å². The molecule has 3 heterocycles. The van der Waals surface area contributed by atoms with Crippen molar-refractivity contribution < 1.29 is 4.74 Å². The molecule has 0 unspecified atom stereocenters. The lowest BCUT2D eigenvalue weighted by Gasteiger charge is -2.10. The average Bonchev–Trinajstić information content (AvgIpc) is 3.33. The lowest BCUT2D eigenvalue weighted by molar-refractivity contribution is 0.415. The van der Waals surface area contributed by atoms with E-state index in [1.165, 1.54) is 11.6 Å². The molecule has 0 fully saturated rings. The van der Waals surface area contributed by atoms with Gasteiger partial charge in [0.2, 0.25) is 5.78 Å². The van der Waals surface area contributed by atoms with Gasteiger partial charge in [-0.05, 0) is 43.3 Å². The van der Waals surface area contributed by atoms with Crippen molar-refractivity contribution in [3.8, 4) is 22.7 Å².